The lowest BCUT2D eigenvalue weighted by atomic mass is 10.0. The number of ether oxygens (including phenoxy) is 1. The number of rotatable bonds is 8. The lowest BCUT2D eigenvalue weighted by Crippen LogP contribution is -2.26. The molecule has 5 heteroatoms. The fraction of sp³-hybridized carbons (Fsp3) is 0.217. The molecular weight excluding hydrogens is 350 g/mol. The van der Waals surface area contributed by atoms with E-state index in [0.717, 1.165) is 29.0 Å². The average Bonchev–Trinajstić information content (AvgIpc) is 2.77. The number of hydrogen-bond acceptors (Lipinski definition) is 5. The highest BCUT2D eigenvalue weighted by Gasteiger charge is 2.22. The molecule has 0 aliphatic carbocycles. The Morgan fingerprint density at radius 2 is 1.64 bits per heavy atom. The number of benzene rings is 2. The van der Waals surface area contributed by atoms with Gasteiger partial charge >= 0.3 is 5.97 Å². The third-order valence-electron chi connectivity index (χ3n) is 4.15. The van der Waals surface area contributed by atoms with Crippen molar-refractivity contribution < 1.29 is 9.53 Å². The van der Waals surface area contributed by atoms with Crippen molar-refractivity contribution >= 4 is 11.7 Å². The zero-order chi connectivity index (χ0) is 19.6. The van der Waals surface area contributed by atoms with E-state index in [1.54, 1.807) is 12.3 Å². The highest BCUT2D eigenvalue weighted by molar-refractivity contribution is 6.13. The average molecular weight is 373 g/mol. The van der Waals surface area contributed by atoms with Crippen LogP contribution in [0.25, 0.3) is 0 Å². The maximum absolute atomic E-state index is 12.7. The standard InChI is InChI=1S/C23H23N3O2/c1-2-15-28-23(27)21(16-20-13-14-24-17-25-20)26-22(18-9-5-3-6-10-18)19-11-7-4-8-12-19/h3-14,17,21H,2,15-16H2,1H3. The number of aliphatic imine (C=N–C) groups is 1. The van der Waals surface area contributed by atoms with Gasteiger partial charge in [0.2, 0.25) is 0 Å². The molecule has 2 aromatic carbocycles. The van der Waals surface area contributed by atoms with Crippen LogP contribution in [0.4, 0.5) is 0 Å². The molecule has 0 radical (unpaired) electrons. The molecule has 0 saturated carbocycles. The van der Waals surface area contributed by atoms with Crippen LogP contribution in [0.3, 0.4) is 0 Å². The molecule has 0 aliphatic rings. The van der Waals surface area contributed by atoms with E-state index in [0.29, 0.717) is 13.0 Å². The van der Waals surface area contributed by atoms with E-state index in [4.69, 9.17) is 9.73 Å². The largest absolute Gasteiger partial charge is 0.464 e. The maximum Gasteiger partial charge on any atom is 0.331 e. The molecule has 0 amide bonds. The smallest absolute Gasteiger partial charge is 0.331 e. The molecule has 1 heterocycles. The first kappa shape index (κ1) is 19.4. The summed E-state index contributed by atoms with van der Waals surface area (Å²) < 4.78 is 5.41. The normalized spacial score (nSPS) is 11.5. The molecular formula is C23H23N3O2. The first-order valence-electron chi connectivity index (χ1n) is 9.38. The van der Waals surface area contributed by atoms with Gasteiger partial charge in [0, 0.05) is 29.4 Å². The fourth-order valence-electron chi connectivity index (χ4n) is 2.78. The van der Waals surface area contributed by atoms with Crippen molar-refractivity contribution in [2.24, 2.45) is 4.99 Å². The Morgan fingerprint density at radius 1 is 1.00 bits per heavy atom. The molecule has 1 unspecified atom stereocenters. The molecule has 28 heavy (non-hydrogen) atoms. The fourth-order valence-corrected chi connectivity index (χ4v) is 2.78. The predicted octanol–water partition coefficient (Wildman–Crippen LogP) is 3.88. The second kappa shape index (κ2) is 10.1. The molecule has 0 aliphatic heterocycles. The van der Waals surface area contributed by atoms with E-state index in [1.807, 2.05) is 67.6 Å². The Hall–Kier alpha value is -3.34. The predicted molar refractivity (Wildman–Crippen MR) is 109 cm³/mol. The first-order valence-corrected chi connectivity index (χ1v) is 9.38. The van der Waals surface area contributed by atoms with Gasteiger partial charge in [0.15, 0.2) is 6.04 Å². The molecule has 1 aromatic heterocycles. The van der Waals surface area contributed by atoms with Gasteiger partial charge in [-0.25, -0.2) is 14.8 Å². The van der Waals surface area contributed by atoms with Crippen LogP contribution in [0.5, 0.6) is 0 Å². The summed E-state index contributed by atoms with van der Waals surface area (Å²) in [6.45, 7) is 2.34. The van der Waals surface area contributed by atoms with Crippen LogP contribution in [-0.4, -0.2) is 34.3 Å². The Kier molecular flexibility index (Phi) is 7.01. The van der Waals surface area contributed by atoms with Gasteiger partial charge in [-0.3, -0.25) is 4.99 Å². The number of carbonyl (C=O) groups is 1. The number of esters is 1. The molecule has 5 nitrogen and oxygen atoms in total. The summed E-state index contributed by atoms with van der Waals surface area (Å²) in [5, 5.41) is 0. The van der Waals surface area contributed by atoms with E-state index in [2.05, 4.69) is 9.97 Å². The van der Waals surface area contributed by atoms with Gasteiger partial charge in [0.05, 0.1) is 12.3 Å². The molecule has 0 saturated heterocycles. The highest BCUT2D eigenvalue weighted by atomic mass is 16.5. The second-order valence-electron chi connectivity index (χ2n) is 6.30. The van der Waals surface area contributed by atoms with E-state index in [1.165, 1.54) is 6.33 Å². The number of nitrogens with zero attached hydrogens (tertiary/aromatic N) is 3. The Morgan fingerprint density at radius 3 is 2.18 bits per heavy atom. The van der Waals surface area contributed by atoms with Crippen LogP contribution < -0.4 is 0 Å². The van der Waals surface area contributed by atoms with Gasteiger partial charge in [-0.1, -0.05) is 67.6 Å². The summed E-state index contributed by atoms with van der Waals surface area (Å²) in [5.41, 5.74) is 3.40. The summed E-state index contributed by atoms with van der Waals surface area (Å²) in [7, 11) is 0. The van der Waals surface area contributed by atoms with Crippen molar-refractivity contribution in [3.63, 3.8) is 0 Å². The minimum absolute atomic E-state index is 0.343. The quantitative estimate of drug-likeness (QED) is 0.444. The minimum Gasteiger partial charge on any atom is -0.464 e. The van der Waals surface area contributed by atoms with E-state index >= 15 is 0 Å². The molecule has 0 N–H and O–H groups in total. The van der Waals surface area contributed by atoms with Gasteiger partial charge < -0.3 is 4.74 Å². The van der Waals surface area contributed by atoms with Crippen molar-refractivity contribution in [3.05, 3.63) is 96.1 Å². The van der Waals surface area contributed by atoms with Crippen LogP contribution in [0.15, 0.2) is 84.2 Å². The van der Waals surface area contributed by atoms with Gasteiger partial charge in [0.1, 0.15) is 6.33 Å². The maximum atomic E-state index is 12.7. The van der Waals surface area contributed by atoms with Gasteiger partial charge in [-0.15, -0.1) is 0 Å². The SMILES string of the molecule is CCCOC(=O)C(Cc1ccncn1)N=C(c1ccccc1)c1ccccc1. The van der Waals surface area contributed by atoms with Crippen LogP contribution in [-0.2, 0) is 16.0 Å². The number of aromatic nitrogens is 2. The van der Waals surface area contributed by atoms with Gasteiger partial charge in [-0.05, 0) is 12.5 Å². The topological polar surface area (TPSA) is 64.4 Å². The third-order valence-corrected chi connectivity index (χ3v) is 4.15. The van der Waals surface area contributed by atoms with Gasteiger partial charge in [-0.2, -0.15) is 0 Å². The van der Waals surface area contributed by atoms with E-state index in [-0.39, 0.29) is 5.97 Å². The van der Waals surface area contributed by atoms with Crippen molar-refractivity contribution in [2.75, 3.05) is 6.61 Å². The lowest BCUT2D eigenvalue weighted by Gasteiger charge is -2.15. The number of carbonyl (C=O) groups excluding carboxylic acids is 1. The van der Waals surface area contributed by atoms with Gasteiger partial charge in [0.25, 0.3) is 0 Å². The summed E-state index contributed by atoms with van der Waals surface area (Å²) >= 11 is 0. The third kappa shape index (κ3) is 5.33. The van der Waals surface area contributed by atoms with Crippen molar-refractivity contribution in [3.8, 4) is 0 Å². The monoisotopic (exact) mass is 373 g/mol. The summed E-state index contributed by atoms with van der Waals surface area (Å²) in [5.74, 6) is -0.343. The van der Waals surface area contributed by atoms with Crippen molar-refractivity contribution in [1.82, 2.24) is 9.97 Å². The Balaban J connectivity index is 2.01. The van der Waals surface area contributed by atoms with Crippen molar-refractivity contribution in [2.45, 2.75) is 25.8 Å². The second-order valence-corrected chi connectivity index (χ2v) is 6.30. The zero-order valence-electron chi connectivity index (χ0n) is 15.9. The van der Waals surface area contributed by atoms with Crippen molar-refractivity contribution in [1.29, 1.82) is 0 Å². The van der Waals surface area contributed by atoms with Crippen LogP contribution in [0.1, 0.15) is 30.2 Å². The summed E-state index contributed by atoms with van der Waals surface area (Å²) in [4.78, 5) is 25.8. The van der Waals surface area contributed by atoms with Crippen LogP contribution >= 0.6 is 0 Å². The molecule has 0 spiro atoms. The molecule has 3 rings (SSSR count). The minimum atomic E-state index is -0.683. The van der Waals surface area contributed by atoms with Crippen LogP contribution in [0.2, 0.25) is 0 Å². The van der Waals surface area contributed by atoms with E-state index < -0.39 is 6.04 Å². The molecule has 0 bridgehead atoms. The zero-order valence-corrected chi connectivity index (χ0v) is 15.9. The Bertz CT molecular complexity index is 855. The molecule has 142 valence electrons. The van der Waals surface area contributed by atoms with E-state index in [9.17, 15) is 4.79 Å². The highest BCUT2D eigenvalue weighted by Crippen LogP contribution is 2.15. The first-order chi connectivity index (χ1) is 13.8. The number of hydrogen-bond donors (Lipinski definition) is 0. The molecule has 1 atom stereocenters. The van der Waals surface area contributed by atoms with Crippen LogP contribution in [0, 0.1) is 0 Å². The Labute approximate surface area is 165 Å². The lowest BCUT2D eigenvalue weighted by molar-refractivity contribution is -0.145. The summed E-state index contributed by atoms with van der Waals surface area (Å²) in [6.07, 6.45) is 4.26. The molecule has 3 aromatic rings. The summed E-state index contributed by atoms with van der Waals surface area (Å²) in [6, 6.07) is 20.8. The molecule has 0 fully saturated rings.